The molecule has 1 aliphatic rings. The lowest BCUT2D eigenvalue weighted by molar-refractivity contribution is -0.142. The van der Waals surface area contributed by atoms with Crippen LogP contribution in [0.25, 0.3) is 0 Å². The van der Waals surface area contributed by atoms with Gasteiger partial charge in [0, 0.05) is 18.6 Å². The summed E-state index contributed by atoms with van der Waals surface area (Å²) in [6.45, 7) is 7.24. The summed E-state index contributed by atoms with van der Waals surface area (Å²) in [5, 5.41) is 12.2. The number of carboxylic acids is 1. The summed E-state index contributed by atoms with van der Waals surface area (Å²) in [5.41, 5.74) is 0. The summed E-state index contributed by atoms with van der Waals surface area (Å²) < 4.78 is 0. The van der Waals surface area contributed by atoms with Gasteiger partial charge < -0.3 is 15.3 Å². The van der Waals surface area contributed by atoms with Crippen molar-refractivity contribution < 1.29 is 14.7 Å². The molecule has 0 saturated heterocycles. The fourth-order valence-electron chi connectivity index (χ4n) is 3.25. The topological polar surface area (TPSA) is 69.6 Å². The number of hydrogen-bond donors (Lipinski definition) is 2. The second-order valence-corrected chi connectivity index (χ2v) is 6.87. The molecular weight excluding hydrogens is 292 g/mol. The van der Waals surface area contributed by atoms with E-state index in [0.29, 0.717) is 12.8 Å². The first-order valence-corrected chi connectivity index (χ1v) is 9.29. The minimum absolute atomic E-state index is 0.0285. The molecule has 5 heteroatoms. The molecule has 0 aliphatic heterocycles. The molecule has 0 aromatic rings. The Morgan fingerprint density at radius 2 is 1.74 bits per heavy atom. The van der Waals surface area contributed by atoms with Gasteiger partial charge in [0.05, 0.1) is 5.92 Å². The van der Waals surface area contributed by atoms with Crippen LogP contribution in [-0.2, 0) is 4.79 Å². The van der Waals surface area contributed by atoms with Crippen LogP contribution in [0.3, 0.4) is 0 Å². The van der Waals surface area contributed by atoms with Crippen LogP contribution in [0.1, 0.15) is 78.6 Å². The Kier molecular flexibility index (Phi) is 9.03. The molecule has 1 fully saturated rings. The van der Waals surface area contributed by atoms with Crippen LogP contribution in [0.2, 0.25) is 0 Å². The number of aliphatic carboxylic acids is 1. The molecule has 2 amide bonds. The summed E-state index contributed by atoms with van der Waals surface area (Å²) in [6.07, 6.45) is 8.30. The normalized spacial score (nSPS) is 22.4. The molecule has 134 valence electrons. The second-order valence-electron chi connectivity index (χ2n) is 6.87. The van der Waals surface area contributed by atoms with Crippen molar-refractivity contribution in [1.29, 1.82) is 0 Å². The van der Waals surface area contributed by atoms with E-state index in [1.54, 1.807) is 0 Å². The smallest absolute Gasteiger partial charge is 0.317 e. The Balaban J connectivity index is 2.51. The highest BCUT2D eigenvalue weighted by atomic mass is 16.4. The van der Waals surface area contributed by atoms with Crippen LogP contribution in [-0.4, -0.2) is 40.6 Å². The van der Waals surface area contributed by atoms with Crippen LogP contribution in [0, 0.1) is 5.92 Å². The Hall–Kier alpha value is -1.26. The van der Waals surface area contributed by atoms with Gasteiger partial charge in [-0.3, -0.25) is 4.79 Å². The molecule has 1 saturated carbocycles. The van der Waals surface area contributed by atoms with Crippen LogP contribution in [0.15, 0.2) is 0 Å². The maximum absolute atomic E-state index is 12.6. The fourth-order valence-corrected chi connectivity index (χ4v) is 3.25. The third kappa shape index (κ3) is 6.80. The van der Waals surface area contributed by atoms with E-state index in [1.807, 2.05) is 4.90 Å². The maximum atomic E-state index is 12.6. The maximum Gasteiger partial charge on any atom is 0.317 e. The fraction of sp³-hybridized carbons (Fsp3) is 0.889. The van der Waals surface area contributed by atoms with Crippen molar-refractivity contribution >= 4 is 12.0 Å². The van der Waals surface area contributed by atoms with Crippen molar-refractivity contribution in [2.75, 3.05) is 6.54 Å². The first-order chi connectivity index (χ1) is 11.0. The molecule has 0 bridgehead atoms. The highest BCUT2D eigenvalue weighted by Crippen LogP contribution is 2.24. The summed E-state index contributed by atoms with van der Waals surface area (Å²) >= 11 is 0. The first kappa shape index (κ1) is 19.8. The molecule has 5 nitrogen and oxygen atoms in total. The highest BCUT2D eigenvalue weighted by Gasteiger charge is 2.28. The lowest BCUT2D eigenvalue weighted by Crippen LogP contribution is -2.49. The van der Waals surface area contributed by atoms with E-state index in [2.05, 4.69) is 26.1 Å². The predicted octanol–water partition coefficient (Wildman–Crippen LogP) is 4.02. The first-order valence-electron chi connectivity index (χ1n) is 9.29. The Morgan fingerprint density at radius 1 is 1.13 bits per heavy atom. The number of unbranched alkanes of at least 4 members (excludes halogenated alkanes) is 2. The number of hydrogen-bond acceptors (Lipinski definition) is 2. The van der Waals surface area contributed by atoms with Gasteiger partial charge in [0.15, 0.2) is 0 Å². The van der Waals surface area contributed by atoms with E-state index in [1.165, 1.54) is 0 Å². The van der Waals surface area contributed by atoms with Crippen molar-refractivity contribution in [2.45, 2.75) is 90.6 Å². The molecule has 23 heavy (non-hydrogen) atoms. The van der Waals surface area contributed by atoms with Crippen molar-refractivity contribution in [1.82, 2.24) is 10.2 Å². The Bertz CT molecular complexity index is 365. The minimum Gasteiger partial charge on any atom is -0.481 e. The molecule has 1 unspecified atom stereocenters. The van der Waals surface area contributed by atoms with Gasteiger partial charge in [0.25, 0.3) is 0 Å². The quantitative estimate of drug-likeness (QED) is 0.672. The van der Waals surface area contributed by atoms with Crippen molar-refractivity contribution in [3.05, 3.63) is 0 Å². The van der Waals surface area contributed by atoms with Gasteiger partial charge in [0.1, 0.15) is 0 Å². The Morgan fingerprint density at radius 3 is 2.26 bits per heavy atom. The predicted molar refractivity (Wildman–Crippen MR) is 92.5 cm³/mol. The van der Waals surface area contributed by atoms with E-state index in [4.69, 9.17) is 5.11 Å². The summed E-state index contributed by atoms with van der Waals surface area (Å²) in [5.74, 6) is -0.935. The van der Waals surface area contributed by atoms with Crippen LogP contribution in [0.5, 0.6) is 0 Å². The number of nitrogens with zero attached hydrogens (tertiary/aromatic N) is 1. The van der Waals surface area contributed by atoms with Gasteiger partial charge in [-0.1, -0.05) is 33.1 Å². The molecule has 1 rings (SSSR count). The minimum atomic E-state index is -0.701. The van der Waals surface area contributed by atoms with Gasteiger partial charge in [-0.2, -0.15) is 0 Å². The SMILES string of the molecule is CCCCC(C)N(CCCC)C(=O)NC1CCC(C(=O)O)CC1. The molecular formula is C18H34N2O3. The molecule has 0 radical (unpaired) electrons. The van der Waals surface area contributed by atoms with E-state index >= 15 is 0 Å². The largest absolute Gasteiger partial charge is 0.481 e. The van der Waals surface area contributed by atoms with Gasteiger partial charge >= 0.3 is 12.0 Å². The van der Waals surface area contributed by atoms with E-state index in [9.17, 15) is 9.59 Å². The van der Waals surface area contributed by atoms with Gasteiger partial charge in [-0.15, -0.1) is 0 Å². The van der Waals surface area contributed by atoms with Crippen LogP contribution < -0.4 is 5.32 Å². The monoisotopic (exact) mass is 326 g/mol. The van der Waals surface area contributed by atoms with Crippen molar-refractivity contribution in [3.63, 3.8) is 0 Å². The zero-order chi connectivity index (χ0) is 17.2. The molecule has 1 aliphatic carbocycles. The second kappa shape index (κ2) is 10.5. The molecule has 1 atom stereocenters. The number of rotatable bonds is 9. The summed E-state index contributed by atoms with van der Waals surface area (Å²) in [4.78, 5) is 25.6. The van der Waals surface area contributed by atoms with Crippen molar-refractivity contribution in [3.8, 4) is 0 Å². The number of carboxylic acid groups (broad SMARTS) is 1. The molecule has 0 spiro atoms. The van der Waals surface area contributed by atoms with E-state index in [-0.39, 0.29) is 24.0 Å². The molecule has 0 aromatic carbocycles. The summed E-state index contributed by atoms with van der Waals surface area (Å²) in [7, 11) is 0. The number of carbonyl (C=O) groups is 2. The standard InChI is InChI=1S/C18H34N2O3/c1-4-6-8-14(3)20(13-7-5-2)18(23)19-16-11-9-15(10-12-16)17(21)22/h14-16H,4-13H2,1-3H3,(H,19,23)(H,21,22). The van der Waals surface area contributed by atoms with Crippen LogP contribution in [0.4, 0.5) is 4.79 Å². The summed E-state index contributed by atoms with van der Waals surface area (Å²) in [6, 6.07) is 0.415. The zero-order valence-corrected chi connectivity index (χ0v) is 15.0. The van der Waals surface area contributed by atoms with Gasteiger partial charge in [-0.25, -0.2) is 4.79 Å². The van der Waals surface area contributed by atoms with Crippen LogP contribution >= 0.6 is 0 Å². The molecule has 0 heterocycles. The third-order valence-corrected chi connectivity index (χ3v) is 4.92. The Labute approximate surface area is 140 Å². The molecule has 2 N–H and O–H groups in total. The lowest BCUT2D eigenvalue weighted by Gasteiger charge is -2.33. The molecule has 0 aromatic heterocycles. The van der Waals surface area contributed by atoms with Gasteiger partial charge in [-0.05, 0) is 45.4 Å². The third-order valence-electron chi connectivity index (χ3n) is 4.92. The van der Waals surface area contributed by atoms with Gasteiger partial charge in [0.2, 0.25) is 0 Å². The number of urea groups is 1. The highest BCUT2D eigenvalue weighted by molar-refractivity contribution is 5.75. The average molecular weight is 326 g/mol. The lowest BCUT2D eigenvalue weighted by atomic mass is 9.86. The number of nitrogens with one attached hydrogen (secondary N) is 1. The number of carbonyl (C=O) groups excluding carboxylic acids is 1. The average Bonchev–Trinajstić information content (AvgIpc) is 2.53. The number of amides is 2. The van der Waals surface area contributed by atoms with E-state index < -0.39 is 5.97 Å². The van der Waals surface area contributed by atoms with E-state index in [0.717, 1.165) is 51.5 Å². The van der Waals surface area contributed by atoms with Crippen molar-refractivity contribution in [2.24, 2.45) is 5.92 Å². The zero-order valence-electron chi connectivity index (χ0n) is 15.0.